The highest BCUT2D eigenvalue weighted by atomic mass is 32.2. The first kappa shape index (κ1) is 95.4. The topological polar surface area (TPSA) is 333 Å². The molecule has 2 fully saturated rings. The van der Waals surface area contributed by atoms with E-state index in [4.69, 9.17) is 0 Å². The van der Waals surface area contributed by atoms with Crippen LogP contribution in [0.2, 0.25) is 0 Å². The minimum atomic E-state index is -3.34. The molecule has 2 saturated carbocycles. The van der Waals surface area contributed by atoms with E-state index in [9.17, 15) is 29.5 Å². The molecular weight excluding hydrogens is 1720 g/mol. The maximum absolute atomic E-state index is 12.1. The molecule has 682 valence electrons. The van der Waals surface area contributed by atoms with Crippen LogP contribution in [0, 0.1) is 5.92 Å². The largest absolute Gasteiger partial charge is 0.383 e. The molecule has 0 radical (unpaired) electrons. The summed E-state index contributed by atoms with van der Waals surface area (Å²) in [6.07, 6.45) is 43.4. The van der Waals surface area contributed by atoms with E-state index in [1.807, 2.05) is 195 Å². The molecule has 1 atom stereocenters. The number of hydrogen-bond acceptors (Lipinski definition) is 18. The van der Waals surface area contributed by atoms with Crippen molar-refractivity contribution in [2.45, 2.75) is 169 Å². The fraction of sp³-hybridized carbons (Fsp3) is 0.290. The van der Waals surface area contributed by atoms with Crippen molar-refractivity contribution in [3.8, 4) is 84.1 Å². The Morgan fingerprint density at radius 2 is 0.595 bits per heavy atom. The van der Waals surface area contributed by atoms with Crippen molar-refractivity contribution < 1.29 is 29.5 Å². The second-order valence-corrected chi connectivity index (χ2v) is 41.5. The molecule has 15 aromatic rings. The van der Waals surface area contributed by atoms with E-state index >= 15 is 0 Å². The highest BCUT2D eigenvalue weighted by Crippen LogP contribution is 2.34. The summed E-state index contributed by atoms with van der Waals surface area (Å²) >= 11 is 0. The number of anilines is 5. The van der Waals surface area contributed by atoms with Crippen LogP contribution in [0.4, 0.5) is 28.4 Å². The summed E-state index contributed by atoms with van der Waals surface area (Å²) < 4.78 is 104. The third-order valence-electron chi connectivity index (χ3n) is 21.2. The van der Waals surface area contributed by atoms with Gasteiger partial charge in [-0.05, 0) is 246 Å². The summed E-state index contributed by atoms with van der Waals surface area (Å²) in [6.45, 7) is 18.3. The van der Waals surface area contributed by atoms with Gasteiger partial charge in [0.15, 0.2) is 0 Å². The Morgan fingerprint density at radius 3 is 0.840 bits per heavy atom. The summed E-state index contributed by atoms with van der Waals surface area (Å²) in [6, 6.07) is 58.8. The van der Waals surface area contributed by atoms with Crippen molar-refractivity contribution >= 4 is 74.1 Å². The van der Waals surface area contributed by atoms with Crippen molar-refractivity contribution in [2.24, 2.45) is 5.92 Å². The average Bonchev–Trinajstić information content (AvgIpc) is 1.70. The van der Waals surface area contributed by atoms with Gasteiger partial charge in [0, 0.05) is 169 Å². The molecule has 131 heavy (non-hydrogen) atoms. The molecule has 0 saturated heterocycles. The summed E-state index contributed by atoms with van der Waals surface area (Å²) in [4.78, 5) is 21.9. The van der Waals surface area contributed by atoms with Gasteiger partial charge in [0.1, 0.15) is 0 Å². The van der Waals surface area contributed by atoms with Gasteiger partial charge in [-0.1, -0.05) is 127 Å². The molecule has 0 bridgehead atoms. The van der Waals surface area contributed by atoms with Crippen LogP contribution in [-0.2, 0) is 71.9 Å². The molecule has 0 aliphatic heterocycles. The molecule has 5 N–H and O–H groups in total. The van der Waals surface area contributed by atoms with E-state index < -0.39 is 45.0 Å². The summed E-state index contributed by atoms with van der Waals surface area (Å²) in [5.41, 5.74) is 24.2. The minimum Gasteiger partial charge on any atom is -0.383 e. The Hall–Kier alpha value is -13.2. The van der Waals surface area contributed by atoms with Gasteiger partial charge >= 0.3 is 0 Å². The Kier molecular flexibility index (Phi) is 32.3. The zero-order chi connectivity index (χ0) is 92.7. The second kappa shape index (κ2) is 44.4. The molecule has 5 aromatic carbocycles. The standard InChI is InChI=1S/C21H24N4O2S.C20H22N4O2S.C20H24N4O2S.C20H24N4.C19H22N4OS/c1-2-3-20-12-21(10-11-22-20)25-14-18(13-23-25)17-6-8-19(9-7-17)24-28(26,27)15-16-4-5-16;1-2-3-18-12-19(10-11-21-18)24-14-16(13-22-24)15-4-6-17(7-5-15)23-27(25,26)20-8-9-20;1-4-5-19-12-20(10-11-21-19)24-14-17(13-22-24)16-6-8-18(9-7-16)23-27(25,26)15(2)3;1-4-5-19-12-20(10-11-21-19)24-14-17(13-22-24)16-6-8-18(9-7-16)23-15(2)3;1-4-5-18-12-19(10-11-20-18)23-14-16(13-21-23)15-6-8-17(9-7-15)22-25(2,3)24/h6-14,16,24H,2-5,15H2,1H3;4-7,10-14,20,23H,2-3,8-9H2,1H3;6-15,23H,4-5H2,1-3H3;6-15,23H,4-5H2,1-3H3;6-14H,2,4-5H2,1,3H3,(H,22,24). The van der Waals surface area contributed by atoms with E-state index in [0.29, 0.717) is 29.0 Å². The van der Waals surface area contributed by atoms with Crippen molar-refractivity contribution in [2.75, 3.05) is 36.2 Å². The summed E-state index contributed by atoms with van der Waals surface area (Å²) in [7, 11) is -12.1. The maximum atomic E-state index is 12.1. The van der Waals surface area contributed by atoms with Crippen molar-refractivity contribution in [3.05, 3.63) is 303 Å². The summed E-state index contributed by atoms with van der Waals surface area (Å²) in [5, 5.41) is 25.0. The molecule has 0 amide bonds. The lowest BCUT2D eigenvalue weighted by atomic mass is 10.1. The van der Waals surface area contributed by atoms with E-state index in [-0.39, 0.29) is 11.0 Å². The van der Waals surface area contributed by atoms with Crippen LogP contribution < -0.4 is 24.2 Å². The van der Waals surface area contributed by atoms with Gasteiger partial charge in [0.2, 0.25) is 30.1 Å². The molecule has 31 heteroatoms. The van der Waals surface area contributed by atoms with Gasteiger partial charge in [0.05, 0.1) is 75.7 Å². The lowest BCUT2D eigenvalue weighted by molar-refractivity contribution is 0.592. The molecule has 27 nitrogen and oxygen atoms in total. The van der Waals surface area contributed by atoms with Crippen LogP contribution in [0.25, 0.3) is 84.1 Å². The average molecular weight is 1840 g/mol. The maximum Gasteiger partial charge on any atom is 0.235 e. The predicted octanol–water partition coefficient (Wildman–Crippen LogP) is 20.1. The Morgan fingerprint density at radius 1 is 0.336 bits per heavy atom. The number of rotatable bonds is 34. The van der Waals surface area contributed by atoms with Crippen molar-refractivity contribution in [1.29, 1.82) is 0 Å². The number of nitrogens with one attached hydrogen (secondary N) is 5. The highest BCUT2D eigenvalue weighted by Gasteiger charge is 2.36. The second-order valence-electron chi connectivity index (χ2n) is 33.3. The molecule has 2 aliphatic rings. The van der Waals surface area contributed by atoms with Gasteiger partial charge in [-0.2, -0.15) is 25.5 Å². The van der Waals surface area contributed by atoms with Gasteiger partial charge in [-0.25, -0.2) is 52.9 Å². The molecular formula is C100H116N20O7S4. The van der Waals surface area contributed by atoms with Crippen molar-refractivity contribution in [3.63, 3.8) is 0 Å². The Bertz CT molecular complexity index is 6570. The number of sulfonamides is 3. The number of benzene rings is 5. The SMILES string of the molecule is C=S(C)(=O)Nc1ccc(-c2cnn(-c3ccnc(CCC)c3)c2)cc1.CCCc1cc(-n2cc(-c3ccc(NC(C)C)cc3)cn2)ccn1.CCCc1cc(-n2cc(-c3ccc(NS(=O)(=O)C(C)C)cc3)cn2)ccn1.CCCc1cc(-n2cc(-c3ccc(NS(=O)(=O)C4CC4)cc3)cn2)ccn1.CCCc1cc(-n2cc(-c3ccc(NS(=O)(=O)CC4CC4)cc3)cn2)ccn1. The predicted molar refractivity (Wildman–Crippen MR) is 531 cm³/mol. The lowest BCUT2D eigenvalue weighted by Crippen LogP contribution is -2.22. The van der Waals surface area contributed by atoms with Crippen LogP contribution in [0.5, 0.6) is 0 Å². The first-order valence-corrected chi connectivity index (χ1v) is 51.4. The molecule has 0 spiro atoms. The Balaban J connectivity index is 0.000000140. The molecule has 10 heterocycles. The quantitative estimate of drug-likeness (QED) is 0.0234. The monoisotopic (exact) mass is 1840 g/mol. The number of aromatic nitrogens is 15. The third-order valence-corrected chi connectivity index (χ3v) is 26.9. The lowest BCUT2D eigenvalue weighted by Gasteiger charge is -2.10. The normalized spacial score (nSPS) is 12.9. The number of hydrogen-bond donors (Lipinski definition) is 5. The van der Waals surface area contributed by atoms with Crippen LogP contribution in [0.15, 0.2) is 275 Å². The fourth-order valence-corrected chi connectivity index (χ4v) is 18.3. The van der Waals surface area contributed by atoms with Crippen LogP contribution in [-0.4, -0.2) is 138 Å². The Labute approximate surface area is 770 Å². The summed E-state index contributed by atoms with van der Waals surface area (Å²) in [5.74, 6) is 4.14. The first-order chi connectivity index (χ1) is 63.1. The number of nitrogens with zero attached hydrogens (tertiary/aromatic N) is 15. The molecule has 10 aromatic heterocycles. The van der Waals surface area contributed by atoms with Gasteiger partial charge in [-0.3, -0.25) is 39.1 Å². The van der Waals surface area contributed by atoms with Crippen LogP contribution in [0.1, 0.15) is 149 Å². The third kappa shape index (κ3) is 28.1. The van der Waals surface area contributed by atoms with Crippen LogP contribution >= 0.6 is 0 Å². The molecule has 1 unspecified atom stereocenters. The first-order valence-electron chi connectivity index (χ1n) is 44.5. The van der Waals surface area contributed by atoms with E-state index in [1.165, 1.54) is 5.56 Å². The zero-order valence-electron chi connectivity index (χ0n) is 75.8. The number of aryl methyl sites for hydroxylation is 5. The number of pyridine rings is 5. The van der Waals surface area contributed by atoms with Gasteiger partial charge < -0.3 is 10.0 Å². The van der Waals surface area contributed by atoms with E-state index in [0.717, 1.165) is 208 Å². The smallest absolute Gasteiger partial charge is 0.235 e. The molecule has 2 aliphatic carbocycles. The molecule has 17 rings (SSSR count). The van der Waals surface area contributed by atoms with Gasteiger partial charge in [0.25, 0.3) is 0 Å². The van der Waals surface area contributed by atoms with Crippen LogP contribution in [0.3, 0.4) is 0 Å². The zero-order valence-corrected chi connectivity index (χ0v) is 79.1. The van der Waals surface area contributed by atoms with E-state index in [1.54, 1.807) is 68.9 Å². The fourth-order valence-electron chi connectivity index (χ4n) is 14.1. The van der Waals surface area contributed by atoms with Crippen molar-refractivity contribution in [1.82, 2.24) is 73.8 Å². The minimum absolute atomic E-state index is 0.216. The van der Waals surface area contributed by atoms with E-state index in [2.05, 4.69) is 184 Å². The highest BCUT2D eigenvalue weighted by molar-refractivity contribution is 8.00. The van der Waals surface area contributed by atoms with Gasteiger partial charge in [-0.15, -0.1) is 0 Å².